The number of aromatic nitrogens is 3. The van der Waals surface area contributed by atoms with Crippen LogP contribution in [0.2, 0.25) is 0 Å². The van der Waals surface area contributed by atoms with E-state index in [0.717, 1.165) is 11.4 Å². The van der Waals surface area contributed by atoms with Gasteiger partial charge in [0.05, 0.1) is 16.5 Å². The number of benzene rings is 1. The van der Waals surface area contributed by atoms with Crippen LogP contribution in [0.15, 0.2) is 33.5 Å². The Hall–Kier alpha value is -3.76. The largest absolute Gasteiger partial charge is 0.419 e. The topological polar surface area (TPSA) is 145 Å². The average Bonchev–Trinajstić information content (AvgIpc) is 2.94. The summed E-state index contributed by atoms with van der Waals surface area (Å²) < 4.78 is 6.39. The Labute approximate surface area is 158 Å². The Balaban J connectivity index is 1.57. The van der Waals surface area contributed by atoms with E-state index in [0.29, 0.717) is 17.9 Å². The predicted octanol–water partition coefficient (Wildman–Crippen LogP) is 1.83. The normalized spacial score (nSPS) is 10.8. The number of nitrogens with one attached hydrogen (secondary N) is 2. The van der Waals surface area contributed by atoms with Crippen molar-refractivity contribution in [2.75, 3.05) is 5.43 Å². The summed E-state index contributed by atoms with van der Waals surface area (Å²) in [5.41, 5.74) is 7.13. The van der Waals surface area contributed by atoms with Crippen LogP contribution in [0.1, 0.15) is 24.2 Å². The van der Waals surface area contributed by atoms with E-state index in [9.17, 15) is 19.7 Å². The highest BCUT2D eigenvalue weighted by molar-refractivity contribution is 5.77. The monoisotopic (exact) mass is 386 g/mol. The lowest BCUT2D eigenvalue weighted by molar-refractivity contribution is -0.384. The van der Waals surface area contributed by atoms with Gasteiger partial charge in [-0.15, -0.1) is 0 Å². The second-order valence-electron chi connectivity index (χ2n) is 6.18. The molecular weight excluding hydrogens is 368 g/mol. The number of nitro groups is 1. The number of hydrogen-bond acceptors (Lipinski definition) is 8. The Kier molecular flexibility index (Phi) is 5.34. The summed E-state index contributed by atoms with van der Waals surface area (Å²) in [6, 6.07) is 5.77. The van der Waals surface area contributed by atoms with Crippen LogP contribution in [0.5, 0.6) is 0 Å². The van der Waals surface area contributed by atoms with Crippen LogP contribution in [0, 0.1) is 24.0 Å². The number of amides is 1. The highest BCUT2D eigenvalue weighted by Gasteiger charge is 2.14. The van der Waals surface area contributed by atoms with E-state index < -0.39 is 10.7 Å². The number of anilines is 1. The molecule has 3 rings (SSSR count). The predicted molar refractivity (Wildman–Crippen MR) is 99.6 cm³/mol. The van der Waals surface area contributed by atoms with Crippen molar-refractivity contribution in [3.63, 3.8) is 0 Å². The van der Waals surface area contributed by atoms with Crippen LogP contribution >= 0.6 is 0 Å². The lowest BCUT2D eigenvalue weighted by atomic mass is 10.2. The average molecular weight is 386 g/mol. The molecule has 0 atom stereocenters. The van der Waals surface area contributed by atoms with Gasteiger partial charge < -0.3 is 4.42 Å². The van der Waals surface area contributed by atoms with Crippen molar-refractivity contribution in [1.29, 1.82) is 0 Å². The van der Waals surface area contributed by atoms with E-state index in [1.165, 1.54) is 22.8 Å². The molecule has 1 aromatic carbocycles. The summed E-state index contributed by atoms with van der Waals surface area (Å²) in [6.07, 6.45) is 0.511. The van der Waals surface area contributed by atoms with E-state index in [-0.39, 0.29) is 30.1 Å². The third-order valence-corrected chi connectivity index (χ3v) is 3.94. The quantitative estimate of drug-likeness (QED) is 0.462. The van der Waals surface area contributed by atoms with Gasteiger partial charge in [-0.3, -0.25) is 30.3 Å². The number of fused-ring (bicyclic) bond motifs is 1. The van der Waals surface area contributed by atoms with Crippen molar-refractivity contribution in [3.05, 3.63) is 56.3 Å². The molecule has 2 heterocycles. The maximum absolute atomic E-state index is 12.0. The standard InChI is InChI=1S/C17H18N6O5/c1-10-8-11(2)19-16(18-10)21-20-15(24)4-3-7-22-13-6-5-12(23(26)27)9-14(13)28-17(22)25/h5-6,8-9H,3-4,7H2,1-2H3,(H,20,24)(H,18,19,21). The molecule has 0 aliphatic rings. The number of aryl methyl sites for hydroxylation is 3. The first-order valence-electron chi connectivity index (χ1n) is 8.48. The number of carbonyl (C=O) groups is 1. The second kappa shape index (κ2) is 7.86. The van der Waals surface area contributed by atoms with Crippen LogP contribution in [0.25, 0.3) is 11.1 Å². The molecule has 0 spiro atoms. The minimum absolute atomic E-state index is 0.136. The molecule has 2 N–H and O–H groups in total. The maximum Gasteiger partial charge on any atom is 0.419 e. The van der Waals surface area contributed by atoms with Crippen molar-refractivity contribution in [2.45, 2.75) is 33.2 Å². The lowest BCUT2D eigenvalue weighted by Crippen LogP contribution is -2.30. The number of nitro benzene ring substituents is 1. The highest BCUT2D eigenvalue weighted by Crippen LogP contribution is 2.20. The molecule has 3 aromatic rings. The van der Waals surface area contributed by atoms with Crippen molar-refractivity contribution < 1.29 is 14.1 Å². The summed E-state index contributed by atoms with van der Waals surface area (Å²) in [6.45, 7) is 3.88. The molecule has 0 aliphatic heterocycles. The van der Waals surface area contributed by atoms with Crippen LogP contribution in [0.4, 0.5) is 11.6 Å². The number of hydrazine groups is 1. The van der Waals surface area contributed by atoms with Gasteiger partial charge in [-0.2, -0.15) is 0 Å². The van der Waals surface area contributed by atoms with Crippen LogP contribution in [-0.4, -0.2) is 25.4 Å². The zero-order valence-corrected chi connectivity index (χ0v) is 15.3. The van der Waals surface area contributed by atoms with Crippen molar-refractivity contribution in [1.82, 2.24) is 20.0 Å². The van der Waals surface area contributed by atoms with Crippen LogP contribution in [-0.2, 0) is 11.3 Å². The SMILES string of the molecule is Cc1cc(C)nc(NNC(=O)CCCn2c(=O)oc3cc([N+](=O)[O-])ccc32)n1. The maximum atomic E-state index is 12.0. The van der Waals surface area contributed by atoms with Crippen LogP contribution in [0.3, 0.4) is 0 Å². The van der Waals surface area contributed by atoms with Gasteiger partial charge in [-0.05, 0) is 32.4 Å². The third-order valence-electron chi connectivity index (χ3n) is 3.94. The summed E-state index contributed by atoms with van der Waals surface area (Å²) in [5.74, 6) is -0.624. The van der Waals surface area contributed by atoms with E-state index in [4.69, 9.17) is 4.42 Å². The van der Waals surface area contributed by atoms with Gasteiger partial charge in [0.1, 0.15) is 0 Å². The highest BCUT2D eigenvalue weighted by atomic mass is 16.6. The van der Waals surface area contributed by atoms with Gasteiger partial charge in [0.15, 0.2) is 5.58 Å². The number of hydrogen-bond donors (Lipinski definition) is 2. The van der Waals surface area contributed by atoms with Crippen molar-refractivity contribution in [2.24, 2.45) is 0 Å². The molecule has 0 fully saturated rings. The van der Waals surface area contributed by atoms with Crippen molar-refractivity contribution in [3.8, 4) is 0 Å². The Morgan fingerprint density at radius 3 is 2.64 bits per heavy atom. The molecule has 0 aliphatic carbocycles. The lowest BCUT2D eigenvalue weighted by Gasteiger charge is -2.08. The summed E-state index contributed by atoms with van der Waals surface area (Å²) in [5, 5.41) is 10.8. The molecule has 0 radical (unpaired) electrons. The number of carbonyl (C=O) groups excluding carboxylic acids is 1. The zero-order valence-electron chi connectivity index (χ0n) is 15.3. The molecule has 2 aromatic heterocycles. The van der Waals surface area contributed by atoms with Gasteiger partial charge in [-0.1, -0.05) is 0 Å². The first-order chi connectivity index (χ1) is 13.3. The summed E-state index contributed by atoms with van der Waals surface area (Å²) in [4.78, 5) is 42.5. The molecule has 0 saturated carbocycles. The molecule has 11 heteroatoms. The first kappa shape index (κ1) is 19.0. The number of oxazole rings is 1. The van der Waals surface area contributed by atoms with Crippen LogP contribution < -0.4 is 16.6 Å². The fourth-order valence-corrected chi connectivity index (χ4v) is 2.75. The molecule has 28 heavy (non-hydrogen) atoms. The number of rotatable bonds is 7. The van der Waals surface area contributed by atoms with E-state index in [1.54, 1.807) is 0 Å². The molecule has 0 unspecified atom stereocenters. The van der Waals surface area contributed by atoms with Gasteiger partial charge in [0.25, 0.3) is 5.69 Å². The zero-order chi connectivity index (χ0) is 20.3. The molecule has 11 nitrogen and oxygen atoms in total. The molecule has 146 valence electrons. The molecule has 1 amide bonds. The van der Waals surface area contributed by atoms with Gasteiger partial charge >= 0.3 is 5.76 Å². The van der Waals surface area contributed by atoms with E-state index in [1.807, 2.05) is 19.9 Å². The fourth-order valence-electron chi connectivity index (χ4n) is 2.75. The Bertz CT molecular complexity index is 1080. The second-order valence-corrected chi connectivity index (χ2v) is 6.18. The summed E-state index contributed by atoms with van der Waals surface area (Å²) >= 11 is 0. The van der Waals surface area contributed by atoms with Crippen molar-refractivity contribution >= 4 is 28.6 Å². The van der Waals surface area contributed by atoms with Gasteiger partial charge in [0.2, 0.25) is 11.9 Å². The van der Waals surface area contributed by atoms with Gasteiger partial charge in [0, 0.05) is 30.4 Å². The molecule has 0 bridgehead atoms. The minimum atomic E-state index is -0.627. The third kappa shape index (κ3) is 4.31. The number of non-ortho nitro benzene ring substituents is 1. The number of nitrogens with zero attached hydrogens (tertiary/aromatic N) is 4. The van der Waals surface area contributed by atoms with Gasteiger partial charge in [-0.25, -0.2) is 14.8 Å². The smallest absolute Gasteiger partial charge is 0.407 e. The summed E-state index contributed by atoms with van der Waals surface area (Å²) in [7, 11) is 0. The molecular formula is C17H18N6O5. The fraction of sp³-hybridized carbons (Fsp3) is 0.294. The first-order valence-corrected chi connectivity index (χ1v) is 8.48. The molecule has 0 saturated heterocycles. The Morgan fingerprint density at radius 2 is 1.96 bits per heavy atom. The minimum Gasteiger partial charge on any atom is -0.407 e. The Morgan fingerprint density at radius 1 is 1.25 bits per heavy atom. The van der Waals surface area contributed by atoms with E-state index in [2.05, 4.69) is 20.8 Å². The van der Waals surface area contributed by atoms with E-state index >= 15 is 0 Å².